The smallest absolute Gasteiger partial charge is 0.231 e. The van der Waals surface area contributed by atoms with E-state index in [0.717, 1.165) is 32.1 Å². The fourth-order valence-electron chi connectivity index (χ4n) is 6.02. The molecule has 4 bridgehead atoms. The maximum atomic E-state index is 13.3. The molecule has 0 atom stereocenters. The molecule has 2 aromatic rings. The molecule has 0 aromatic carbocycles. The number of carbonyl (C=O) groups is 2. The highest BCUT2D eigenvalue weighted by molar-refractivity contribution is 5.98. The van der Waals surface area contributed by atoms with Gasteiger partial charge in [-0.3, -0.25) is 19.6 Å². The zero-order valence-corrected chi connectivity index (χ0v) is 15.5. The number of amides is 2. The number of carbonyl (C=O) groups excluding carboxylic acids is 2. The molecule has 4 fully saturated rings. The van der Waals surface area contributed by atoms with Gasteiger partial charge in [-0.2, -0.15) is 0 Å². The van der Waals surface area contributed by atoms with Gasteiger partial charge in [0.05, 0.1) is 23.2 Å². The lowest BCUT2D eigenvalue weighted by Crippen LogP contribution is -2.59. The van der Waals surface area contributed by atoms with E-state index in [1.807, 2.05) is 0 Å². The highest BCUT2D eigenvalue weighted by Gasteiger charge is 2.63. The van der Waals surface area contributed by atoms with Gasteiger partial charge in [-0.15, -0.1) is 0 Å². The van der Waals surface area contributed by atoms with Crippen LogP contribution in [0.3, 0.4) is 0 Å². The minimum Gasteiger partial charge on any atom is -0.309 e. The highest BCUT2D eigenvalue weighted by atomic mass is 16.2. The minimum atomic E-state index is -0.513. The number of aromatic nitrogens is 4. The highest BCUT2D eigenvalue weighted by Crippen LogP contribution is 2.65. The molecule has 2 heterocycles. The molecule has 0 radical (unpaired) electrons. The monoisotopic (exact) mass is 378 g/mol. The molecule has 28 heavy (non-hydrogen) atoms. The van der Waals surface area contributed by atoms with Crippen molar-refractivity contribution in [3.63, 3.8) is 0 Å². The molecular formula is C20H22N6O2. The second-order valence-corrected chi connectivity index (χ2v) is 8.61. The normalized spacial score (nSPS) is 32.7. The maximum absolute atomic E-state index is 13.3. The minimum absolute atomic E-state index is 0.0289. The van der Waals surface area contributed by atoms with Crippen molar-refractivity contribution in [2.75, 3.05) is 10.6 Å². The number of nitrogens with zero attached hydrogens (tertiary/aromatic N) is 4. The van der Waals surface area contributed by atoms with Crippen LogP contribution in [0.1, 0.15) is 38.5 Å². The Bertz CT molecular complexity index is 818. The lowest BCUT2D eigenvalue weighted by atomic mass is 9.43. The van der Waals surface area contributed by atoms with Crippen LogP contribution in [-0.2, 0) is 9.59 Å². The molecule has 0 spiro atoms. The Kier molecular flexibility index (Phi) is 3.89. The van der Waals surface area contributed by atoms with Gasteiger partial charge in [0.2, 0.25) is 11.8 Å². The summed E-state index contributed by atoms with van der Waals surface area (Å²) in [6.45, 7) is 0. The third-order valence-corrected chi connectivity index (χ3v) is 6.63. The lowest BCUT2D eigenvalue weighted by Gasteiger charge is -2.60. The van der Waals surface area contributed by atoms with Crippen LogP contribution in [0.15, 0.2) is 37.2 Å². The summed E-state index contributed by atoms with van der Waals surface area (Å²) in [6, 6.07) is 0. The molecule has 2 aromatic heterocycles. The molecule has 8 nitrogen and oxygen atoms in total. The molecule has 2 amide bonds. The molecule has 0 aliphatic heterocycles. The maximum Gasteiger partial charge on any atom is 0.231 e. The number of rotatable bonds is 4. The Hall–Kier alpha value is -2.90. The zero-order valence-electron chi connectivity index (χ0n) is 15.5. The van der Waals surface area contributed by atoms with E-state index >= 15 is 0 Å². The van der Waals surface area contributed by atoms with E-state index in [1.54, 1.807) is 37.2 Å². The summed E-state index contributed by atoms with van der Waals surface area (Å²) in [7, 11) is 0. The first-order valence-electron chi connectivity index (χ1n) is 9.72. The summed E-state index contributed by atoms with van der Waals surface area (Å²) in [4.78, 5) is 42.9. The van der Waals surface area contributed by atoms with Gasteiger partial charge in [-0.05, 0) is 50.4 Å². The van der Waals surface area contributed by atoms with Crippen molar-refractivity contribution in [1.29, 1.82) is 0 Å². The summed E-state index contributed by atoms with van der Waals surface area (Å²) in [5.74, 6) is 1.67. The topological polar surface area (TPSA) is 110 Å². The first-order valence-corrected chi connectivity index (χ1v) is 9.72. The second kappa shape index (κ2) is 6.32. The van der Waals surface area contributed by atoms with Crippen LogP contribution in [0.4, 0.5) is 11.6 Å². The molecule has 2 N–H and O–H groups in total. The number of anilines is 2. The van der Waals surface area contributed by atoms with E-state index in [-0.39, 0.29) is 11.8 Å². The third kappa shape index (κ3) is 2.83. The fourth-order valence-corrected chi connectivity index (χ4v) is 6.02. The van der Waals surface area contributed by atoms with Crippen LogP contribution in [0.25, 0.3) is 0 Å². The number of hydrogen-bond acceptors (Lipinski definition) is 6. The molecule has 4 aliphatic carbocycles. The zero-order chi connectivity index (χ0) is 19.2. The standard InChI is InChI=1S/C20H22N6O2/c27-17(25-15-10-21-1-3-23-15)19-6-13-5-14(7-19)9-20(8-13,12-19)18(28)26-16-11-22-2-4-24-16/h1-4,10-11,13-14H,5-9,12H2,(H,23,25,27)(H,24,26,28). The van der Waals surface area contributed by atoms with Crippen LogP contribution in [0.5, 0.6) is 0 Å². The Labute approximate surface area is 162 Å². The summed E-state index contributed by atoms with van der Waals surface area (Å²) in [5, 5.41) is 5.88. The SMILES string of the molecule is O=C(Nc1cnccn1)C12CC3CC(C1)CC(C(=O)Nc1cnccn1)(C3)C2. The second-order valence-electron chi connectivity index (χ2n) is 8.61. The van der Waals surface area contributed by atoms with Crippen molar-refractivity contribution in [2.45, 2.75) is 38.5 Å². The molecule has 0 unspecified atom stereocenters. The van der Waals surface area contributed by atoms with Gasteiger partial charge in [0.25, 0.3) is 0 Å². The van der Waals surface area contributed by atoms with Crippen molar-refractivity contribution in [3.8, 4) is 0 Å². The number of hydrogen-bond donors (Lipinski definition) is 2. The molecule has 6 rings (SSSR count). The average molecular weight is 378 g/mol. The number of nitrogens with one attached hydrogen (secondary N) is 2. The van der Waals surface area contributed by atoms with Crippen LogP contribution in [0, 0.1) is 22.7 Å². The quantitative estimate of drug-likeness (QED) is 0.845. The van der Waals surface area contributed by atoms with E-state index < -0.39 is 10.8 Å². The van der Waals surface area contributed by atoms with Crippen LogP contribution in [-0.4, -0.2) is 31.8 Å². The van der Waals surface area contributed by atoms with E-state index in [4.69, 9.17) is 0 Å². The van der Waals surface area contributed by atoms with Crippen molar-refractivity contribution in [3.05, 3.63) is 37.2 Å². The van der Waals surface area contributed by atoms with E-state index in [9.17, 15) is 9.59 Å². The molecular weight excluding hydrogens is 356 g/mol. The Morgan fingerprint density at radius 2 is 1.25 bits per heavy atom. The van der Waals surface area contributed by atoms with E-state index in [1.165, 1.54) is 0 Å². The Balaban J connectivity index is 1.41. The van der Waals surface area contributed by atoms with Gasteiger partial charge < -0.3 is 10.6 Å². The molecule has 0 saturated heterocycles. The fraction of sp³-hybridized carbons (Fsp3) is 0.500. The average Bonchev–Trinajstić information content (AvgIpc) is 2.68. The third-order valence-electron chi connectivity index (χ3n) is 6.63. The molecule has 144 valence electrons. The van der Waals surface area contributed by atoms with Crippen molar-refractivity contribution in [1.82, 2.24) is 19.9 Å². The summed E-state index contributed by atoms with van der Waals surface area (Å²) >= 11 is 0. The van der Waals surface area contributed by atoms with Gasteiger partial charge in [-0.1, -0.05) is 0 Å². The summed E-state index contributed by atoms with van der Waals surface area (Å²) in [6.07, 6.45) is 14.4. The van der Waals surface area contributed by atoms with E-state index in [2.05, 4.69) is 30.6 Å². The summed E-state index contributed by atoms with van der Waals surface area (Å²) < 4.78 is 0. The van der Waals surface area contributed by atoms with Gasteiger partial charge in [0.1, 0.15) is 0 Å². The molecule has 8 heteroatoms. The van der Waals surface area contributed by atoms with E-state index in [0.29, 0.717) is 29.9 Å². The Morgan fingerprint density at radius 3 is 1.64 bits per heavy atom. The van der Waals surface area contributed by atoms with Gasteiger partial charge >= 0.3 is 0 Å². The molecule has 4 aliphatic rings. The van der Waals surface area contributed by atoms with Gasteiger partial charge in [0.15, 0.2) is 11.6 Å². The van der Waals surface area contributed by atoms with Crippen molar-refractivity contribution >= 4 is 23.5 Å². The van der Waals surface area contributed by atoms with Gasteiger partial charge in [-0.25, -0.2) is 9.97 Å². The Morgan fingerprint density at radius 1 is 0.786 bits per heavy atom. The van der Waals surface area contributed by atoms with Crippen molar-refractivity contribution < 1.29 is 9.59 Å². The lowest BCUT2D eigenvalue weighted by molar-refractivity contribution is -0.161. The van der Waals surface area contributed by atoms with Crippen LogP contribution >= 0.6 is 0 Å². The largest absolute Gasteiger partial charge is 0.309 e. The van der Waals surface area contributed by atoms with Crippen LogP contribution in [0.2, 0.25) is 0 Å². The molecule has 4 saturated carbocycles. The first-order chi connectivity index (χ1) is 13.6. The van der Waals surface area contributed by atoms with Crippen LogP contribution < -0.4 is 10.6 Å². The van der Waals surface area contributed by atoms with Crippen molar-refractivity contribution in [2.24, 2.45) is 22.7 Å². The predicted molar refractivity (Wildman–Crippen MR) is 101 cm³/mol. The summed E-state index contributed by atoms with van der Waals surface area (Å²) in [5.41, 5.74) is -1.03. The predicted octanol–water partition coefficient (Wildman–Crippen LogP) is 2.43. The first kappa shape index (κ1) is 17.2. The van der Waals surface area contributed by atoms with Gasteiger partial charge in [0, 0.05) is 24.8 Å².